The first-order chi connectivity index (χ1) is 15.9. The Morgan fingerprint density at radius 1 is 1.06 bits per heavy atom. The summed E-state index contributed by atoms with van der Waals surface area (Å²) in [5.74, 6) is 2.18. The molecule has 0 N–H and O–H groups in total. The molecule has 4 rings (SSSR count). The number of benzene rings is 2. The lowest BCUT2D eigenvalue weighted by Crippen LogP contribution is -2.48. The molecule has 5 nitrogen and oxygen atoms in total. The highest BCUT2D eigenvalue weighted by Crippen LogP contribution is 2.28. The van der Waals surface area contributed by atoms with Crippen LogP contribution >= 0.6 is 11.6 Å². The van der Waals surface area contributed by atoms with Crippen molar-refractivity contribution in [2.45, 2.75) is 39.8 Å². The van der Waals surface area contributed by atoms with Gasteiger partial charge in [0.15, 0.2) is 5.76 Å². The molecule has 1 aliphatic heterocycles. The fourth-order valence-electron chi connectivity index (χ4n) is 4.12. The van der Waals surface area contributed by atoms with E-state index < -0.39 is 0 Å². The third-order valence-electron chi connectivity index (χ3n) is 5.99. The summed E-state index contributed by atoms with van der Waals surface area (Å²) in [5, 5.41) is 0.752. The van der Waals surface area contributed by atoms with Gasteiger partial charge in [-0.05, 0) is 59.9 Å². The Labute approximate surface area is 200 Å². The number of rotatable bonds is 7. The molecule has 0 spiro atoms. The van der Waals surface area contributed by atoms with Crippen LogP contribution in [-0.4, -0.2) is 41.9 Å². The van der Waals surface area contributed by atoms with Gasteiger partial charge in [-0.2, -0.15) is 0 Å². The fourth-order valence-corrected chi connectivity index (χ4v) is 4.33. The Kier molecular flexibility index (Phi) is 7.41. The van der Waals surface area contributed by atoms with Gasteiger partial charge in [0.2, 0.25) is 0 Å². The Morgan fingerprint density at radius 3 is 2.58 bits per heavy atom. The van der Waals surface area contributed by atoms with Crippen LogP contribution in [0.3, 0.4) is 0 Å². The lowest BCUT2D eigenvalue weighted by Gasteiger charge is -2.34. The van der Waals surface area contributed by atoms with Crippen LogP contribution in [0.5, 0.6) is 5.75 Å². The van der Waals surface area contributed by atoms with E-state index in [0.29, 0.717) is 37.1 Å². The van der Waals surface area contributed by atoms with Crippen LogP contribution < -0.4 is 4.74 Å². The van der Waals surface area contributed by atoms with Gasteiger partial charge in [-0.3, -0.25) is 9.69 Å². The van der Waals surface area contributed by atoms with Gasteiger partial charge in [-0.1, -0.05) is 49.7 Å². The molecule has 2 heterocycles. The summed E-state index contributed by atoms with van der Waals surface area (Å²) in [6.45, 7) is 10.5. The number of ether oxygens (including phenoxy) is 1. The molecule has 0 unspecified atom stereocenters. The molecule has 1 aromatic heterocycles. The molecular formula is C27H31ClN2O3. The van der Waals surface area contributed by atoms with Crippen molar-refractivity contribution in [3.05, 3.63) is 87.8 Å². The molecule has 0 radical (unpaired) electrons. The molecule has 0 saturated carbocycles. The van der Waals surface area contributed by atoms with Crippen LogP contribution in [0.25, 0.3) is 0 Å². The van der Waals surface area contributed by atoms with Gasteiger partial charge in [0.05, 0.1) is 0 Å². The molecule has 6 heteroatoms. The standard InChI is InChI=1S/C27H31ClN2O3/c1-19(2)24-9-7-20(3)15-26(24)32-18-23-8-10-25(33-23)27(31)30-13-11-29(12-14-30)17-21-5-4-6-22(28)16-21/h4-10,15-16,19H,11-14,17-18H2,1-3H3. The van der Waals surface area contributed by atoms with E-state index in [4.69, 9.17) is 20.8 Å². The van der Waals surface area contributed by atoms with Gasteiger partial charge >= 0.3 is 0 Å². The van der Waals surface area contributed by atoms with E-state index in [2.05, 4.69) is 43.9 Å². The topological polar surface area (TPSA) is 45.9 Å². The summed E-state index contributed by atoms with van der Waals surface area (Å²) >= 11 is 6.09. The monoisotopic (exact) mass is 466 g/mol. The predicted octanol–water partition coefficient (Wildman–Crippen LogP) is 5.90. The number of piperazine rings is 1. The minimum Gasteiger partial charge on any atom is -0.485 e. The molecule has 0 aliphatic carbocycles. The first-order valence-corrected chi connectivity index (χ1v) is 11.8. The Hall–Kier alpha value is -2.76. The molecule has 1 amide bonds. The van der Waals surface area contributed by atoms with Crippen molar-refractivity contribution >= 4 is 17.5 Å². The smallest absolute Gasteiger partial charge is 0.289 e. The molecule has 0 bridgehead atoms. The average molecular weight is 467 g/mol. The molecule has 1 fully saturated rings. The van der Waals surface area contributed by atoms with Crippen molar-refractivity contribution in [3.63, 3.8) is 0 Å². The van der Waals surface area contributed by atoms with Crippen molar-refractivity contribution in [1.29, 1.82) is 0 Å². The number of carbonyl (C=O) groups is 1. The highest BCUT2D eigenvalue weighted by atomic mass is 35.5. The lowest BCUT2D eigenvalue weighted by molar-refractivity contribution is 0.0594. The number of hydrogen-bond donors (Lipinski definition) is 0. The van der Waals surface area contributed by atoms with Crippen LogP contribution in [-0.2, 0) is 13.2 Å². The summed E-state index contributed by atoms with van der Waals surface area (Å²) in [6, 6.07) is 17.8. The zero-order chi connectivity index (χ0) is 23.4. The van der Waals surface area contributed by atoms with E-state index in [0.717, 1.165) is 36.0 Å². The molecule has 1 aliphatic rings. The van der Waals surface area contributed by atoms with E-state index in [1.807, 2.05) is 35.2 Å². The van der Waals surface area contributed by atoms with Gasteiger partial charge < -0.3 is 14.1 Å². The second-order valence-corrected chi connectivity index (χ2v) is 9.39. The first kappa shape index (κ1) is 23.4. The third kappa shape index (κ3) is 5.98. The normalized spacial score (nSPS) is 14.6. The number of aryl methyl sites for hydroxylation is 1. The van der Waals surface area contributed by atoms with E-state index in [-0.39, 0.29) is 5.91 Å². The van der Waals surface area contributed by atoms with Crippen LogP contribution in [0.2, 0.25) is 5.02 Å². The van der Waals surface area contributed by atoms with E-state index >= 15 is 0 Å². The van der Waals surface area contributed by atoms with Crippen molar-refractivity contribution in [1.82, 2.24) is 9.80 Å². The summed E-state index contributed by atoms with van der Waals surface area (Å²) in [6.07, 6.45) is 0. The van der Waals surface area contributed by atoms with Crippen LogP contribution in [0.4, 0.5) is 0 Å². The minimum atomic E-state index is -0.0675. The number of carbonyl (C=O) groups excluding carboxylic acids is 1. The Morgan fingerprint density at radius 2 is 1.85 bits per heavy atom. The summed E-state index contributed by atoms with van der Waals surface area (Å²) in [4.78, 5) is 17.1. The summed E-state index contributed by atoms with van der Waals surface area (Å²) < 4.78 is 11.9. The number of halogens is 1. The SMILES string of the molecule is Cc1ccc(C(C)C)c(OCc2ccc(C(=O)N3CCN(Cc4cccc(Cl)c4)CC3)o2)c1. The van der Waals surface area contributed by atoms with Gasteiger partial charge in [-0.25, -0.2) is 0 Å². The van der Waals surface area contributed by atoms with Crippen LogP contribution in [0.1, 0.15) is 52.8 Å². The largest absolute Gasteiger partial charge is 0.485 e. The Balaban J connectivity index is 1.31. The van der Waals surface area contributed by atoms with Crippen LogP contribution in [0, 0.1) is 6.92 Å². The third-order valence-corrected chi connectivity index (χ3v) is 6.22. The number of nitrogens with zero attached hydrogens (tertiary/aromatic N) is 2. The van der Waals surface area contributed by atoms with Gasteiger partial charge in [0, 0.05) is 37.7 Å². The molecule has 1 saturated heterocycles. The quantitative estimate of drug-likeness (QED) is 0.434. The van der Waals surface area contributed by atoms with Gasteiger partial charge in [0.1, 0.15) is 18.1 Å². The highest BCUT2D eigenvalue weighted by Gasteiger charge is 2.24. The number of hydrogen-bond acceptors (Lipinski definition) is 4. The van der Waals surface area contributed by atoms with Crippen LogP contribution in [0.15, 0.2) is 59.0 Å². The van der Waals surface area contributed by atoms with E-state index in [1.54, 1.807) is 6.07 Å². The summed E-state index contributed by atoms with van der Waals surface area (Å²) in [7, 11) is 0. The second-order valence-electron chi connectivity index (χ2n) is 8.95. The maximum atomic E-state index is 12.9. The molecule has 3 aromatic rings. The molecule has 33 heavy (non-hydrogen) atoms. The van der Waals surface area contributed by atoms with Crippen molar-refractivity contribution < 1.29 is 13.9 Å². The number of amides is 1. The van der Waals surface area contributed by atoms with E-state index in [1.165, 1.54) is 11.1 Å². The first-order valence-electron chi connectivity index (χ1n) is 11.5. The molecular weight excluding hydrogens is 436 g/mol. The van der Waals surface area contributed by atoms with Crippen molar-refractivity contribution in [3.8, 4) is 5.75 Å². The maximum Gasteiger partial charge on any atom is 0.289 e. The predicted molar refractivity (Wildman–Crippen MR) is 131 cm³/mol. The molecule has 0 atom stereocenters. The zero-order valence-electron chi connectivity index (χ0n) is 19.5. The Bertz CT molecular complexity index is 1100. The van der Waals surface area contributed by atoms with E-state index in [9.17, 15) is 4.79 Å². The lowest BCUT2D eigenvalue weighted by atomic mass is 10.0. The highest BCUT2D eigenvalue weighted by molar-refractivity contribution is 6.30. The van der Waals surface area contributed by atoms with Crippen molar-refractivity contribution in [2.24, 2.45) is 0 Å². The average Bonchev–Trinajstić information content (AvgIpc) is 3.27. The van der Waals surface area contributed by atoms with Crippen molar-refractivity contribution in [2.75, 3.05) is 26.2 Å². The fraction of sp³-hybridized carbons (Fsp3) is 0.370. The molecule has 2 aromatic carbocycles. The molecule has 174 valence electrons. The summed E-state index contributed by atoms with van der Waals surface area (Å²) in [5.41, 5.74) is 3.51. The maximum absolute atomic E-state index is 12.9. The minimum absolute atomic E-state index is 0.0675. The van der Waals surface area contributed by atoms with Gasteiger partial charge in [0.25, 0.3) is 5.91 Å². The zero-order valence-corrected chi connectivity index (χ0v) is 20.3. The number of furan rings is 1. The second kappa shape index (κ2) is 10.4. The van der Waals surface area contributed by atoms with Gasteiger partial charge in [-0.15, -0.1) is 0 Å².